The molecule has 8 nitrogen and oxygen atoms in total. The highest BCUT2D eigenvalue weighted by molar-refractivity contribution is 5.68. The summed E-state index contributed by atoms with van der Waals surface area (Å²) in [5, 5.41) is 1.81. The lowest BCUT2D eigenvalue weighted by Crippen LogP contribution is -2.41. The van der Waals surface area contributed by atoms with E-state index in [1.807, 2.05) is 5.32 Å². The Hall–Kier alpha value is -3.24. The van der Waals surface area contributed by atoms with Crippen LogP contribution in [0.5, 0.6) is 11.6 Å². The Kier molecular flexibility index (Phi) is 5.86. The quantitative estimate of drug-likeness (QED) is 0.725. The molecule has 0 saturated heterocycles. The first-order valence-corrected chi connectivity index (χ1v) is 8.04. The van der Waals surface area contributed by atoms with E-state index in [0.29, 0.717) is 0 Å². The number of nitrogens with one attached hydrogen (secondary N) is 2. The normalized spacial score (nSPS) is 12.9. The number of H-pyrrole nitrogens is 1. The second-order valence-corrected chi connectivity index (χ2v) is 6.74. The zero-order chi connectivity index (χ0) is 21.1. The lowest BCUT2D eigenvalue weighted by Gasteiger charge is -2.25. The molecule has 0 fully saturated rings. The fraction of sp³-hybridized carbons (Fsp3) is 0.353. The summed E-state index contributed by atoms with van der Waals surface area (Å²) in [5.74, 6) is -0.0810. The standard InChI is InChI=1S/C17H19F3N4O4/c1-16(2,3)28-15(26)24-12(17(18,19)20)9-4-6-10(7-5-9)27-14-11(21)13(25)22-8-23-14/h4-8,12H,21H2,1-3H3,(H,24,26)(H,22,23,25). The summed E-state index contributed by atoms with van der Waals surface area (Å²) in [6, 6.07) is 2.42. The molecule has 1 atom stereocenters. The number of hydrogen-bond donors (Lipinski definition) is 3. The van der Waals surface area contributed by atoms with Crippen LogP contribution in [0.2, 0.25) is 0 Å². The lowest BCUT2D eigenvalue weighted by molar-refractivity contribution is -0.156. The average molecular weight is 400 g/mol. The van der Waals surface area contributed by atoms with Gasteiger partial charge >= 0.3 is 12.3 Å². The number of aromatic amines is 1. The maximum atomic E-state index is 13.4. The first-order chi connectivity index (χ1) is 12.9. The van der Waals surface area contributed by atoms with Gasteiger partial charge in [-0.15, -0.1) is 0 Å². The third kappa shape index (κ3) is 5.63. The molecule has 1 aromatic heterocycles. The Morgan fingerprint density at radius 1 is 1.21 bits per heavy atom. The number of rotatable bonds is 4. The molecule has 0 spiro atoms. The number of ether oxygens (including phenoxy) is 2. The maximum Gasteiger partial charge on any atom is 0.412 e. The van der Waals surface area contributed by atoms with Gasteiger partial charge in [-0.2, -0.15) is 13.2 Å². The molecule has 28 heavy (non-hydrogen) atoms. The molecular formula is C17H19F3N4O4. The van der Waals surface area contributed by atoms with Crippen LogP contribution in [0.4, 0.5) is 23.7 Å². The van der Waals surface area contributed by atoms with Gasteiger partial charge < -0.3 is 25.5 Å². The van der Waals surface area contributed by atoms with Crippen molar-refractivity contribution in [3.63, 3.8) is 0 Å². The number of nitrogen functional groups attached to an aromatic ring is 1. The molecule has 1 heterocycles. The van der Waals surface area contributed by atoms with Crippen molar-refractivity contribution in [3.8, 4) is 11.6 Å². The Morgan fingerprint density at radius 2 is 1.82 bits per heavy atom. The first kappa shape index (κ1) is 21.1. The number of nitrogens with zero attached hydrogens (tertiary/aromatic N) is 1. The maximum absolute atomic E-state index is 13.4. The van der Waals surface area contributed by atoms with Gasteiger partial charge in [-0.3, -0.25) is 4.79 Å². The predicted molar refractivity (Wildman–Crippen MR) is 94.0 cm³/mol. The fourth-order valence-electron chi connectivity index (χ4n) is 2.09. The molecule has 0 radical (unpaired) electrons. The molecule has 1 aromatic carbocycles. The summed E-state index contributed by atoms with van der Waals surface area (Å²) in [7, 11) is 0. The topological polar surface area (TPSA) is 119 Å². The second-order valence-electron chi connectivity index (χ2n) is 6.74. The number of anilines is 1. The van der Waals surface area contributed by atoms with Gasteiger partial charge in [-0.1, -0.05) is 12.1 Å². The number of aromatic nitrogens is 2. The van der Waals surface area contributed by atoms with E-state index in [1.54, 1.807) is 0 Å². The molecule has 0 aliphatic carbocycles. The van der Waals surface area contributed by atoms with Gasteiger partial charge in [-0.25, -0.2) is 9.78 Å². The van der Waals surface area contributed by atoms with Crippen molar-refractivity contribution in [2.75, 3.05) is 5.73 Å². The summed E-state index contributed by atoms with van der Waals surface area (Å²) in [6.07, 6.45) is -4.87. The summed E-state index contributed by atoms with van der Waals surface area (Å²) < 4.78 is 50.3. The largest absolute Gasteiger partial charge is 0.444 e. The number of carbonyl (C=O) groups excluding carboxylic acids is 1. The summed E-state index contributed by atoms with van der Waals surface area (Å²) in [4.78, 5) is 29.2. The van der Waals surface area contributed by atoms with Crippen LogP contribution < -0.4 is 21.3 Å². The third-order valence-corrected chi connectivity index (χ3v) is 3.27. The van der Waals surface area contributed by atoms with Gasteiger partial charge in [0.25, 0.3) is 5.56 Å². The number of benzene rings is 1. The molecule has 1 amide bonds. The lowest BCUT2D eigenvalue weighted by atomic mass is 10.1. The number of alkyl halides is 3. The van der Waals surface area contributed by atoms with Crippen LogP contribution in [0.3, 0.4) is 0 Å². The average Bonchev–Trinajstić information content (AvgIpc) is 2.55. The Labute approximate surface area is 157 Å². The van der Waals surface area contributed by atoms with Crippen molar-refractivity contribution in [1.29, 1.82) is 0 Å². The zero-order valence-corrected chi connectivity index (χ0v) is 15.3. The molecular weight excluding hydrogens is 381 g/mol. The van der Waals surface area contributed by atoms with Crippen LogP contribution in [0, 0.1) is 0 Å². The summed E-state index contributed by atoms with van der Waals surface area (Å²) in [6.45, 7) is 4.61. The minimum atomic E-state index is -4.75. The van der Waals surface area contributed by atoms with Crippen molar-refractivity contribution in [3.05, 3.63) is 46.5 Å². The van der Waals surface area contributed by atoms with E-state index in [1.165, 1.54) is 32.9 Å². The van der Waals surface area contributed by atoms with Gasteiger partial charge in [0.1, 0.15) is 11.4 Å². The molecule has 2 rings (SSSR count). The highest BCUT2D eigenvalue weighted by atomic mass is 19.4. The smallest absolute Gasteiger partial charge is 0.412 e. The summed E-state index contributed by atoms with van der Waals surface area (Å²) >= 11 is 0. The van der Waals surface area contributed by atoms with Gasteiger partial charge in [0.2, 0.25) is 5.88 Å². The van der Waals surface area contributed by atoms with E-state index in [-0.39, 0.29) is 22.9 Å². The molecule has 2 aromatic rings. The van der Waals surface area contributed by atoms with E-state index in [2.05, 4.69) is 9.97 Å². The van der Waals surface area contributed by atoms with Gasteiger partial charge in [0.05, 0.1) is 6.33 Å². The molecule has 0 aliphatic heterocycles. The number of alkyl carbamates (subject to hydrolysis) is 1. The Morgan fingerprint density at radius 3 is 2.36 bits per heavy atom. The highest BCUT2D eigenvalue weighted by Crippen LogP contribution is 2.34. The van der Waals surface area contributed by atoms with Crippen molar-refractivity contribution < 1.29 is 27.4 Å². The van der Waals surface area contributed by atoms with E-state index in [0.717, 1.165) is 18.5 Å². The van der Waals surface area contributed by atoms with Crippen LogP contribution in [-0.4, -0.2) is 27.8 Å². The molecule has 152 valence electrons. The first-order valence-electron chi connectivity index (χ1n) is 8.04. The van der Waals surface area contributed by atoms with Crippen LogP contribution in [0.25, 0.3) is 0 Å². The van der Waals surface area contributed by atoms with Gasteiger partial charge in [0.15, 0.2) is 11.7 Å². The monoisotopic (exact) mass is 400 g/mol. The minimum Gasteiger partial charge on any atom is -0.444 e. The number of nitrogens with two attached hydrogens (primary N) is 1. The van der Waals surface area contributed by atoms with E-state index >= 15 is 0 Å². The SMILES string of the molecule is CC(C)(C)OC(=O)NC(c1ccc(Oc2nc[nH]c(=O)c2N)cc1)C(F)(F)F. The summed E-state index contributed by atoms with van der Waals surface area (Å²) in [5.41, 5.74) is 3.46. The number of amides is 1. The Bertz CT molecular complexity index is 889. The van der Waals surface area contributed by atoms with Crippen LogP contribution in [0.1, 0.15) is 32.4 Å². The van der Waals surface area contributed by atoms with E-state index in [4.69, 9.17) is 15.2 Å². The van der Waals surface area contributed by atoms with Crippen LogP contribution >= 0.6 is 0 Å². The minimum absolute atomic E-state index is 0.103. The number of hydrogen-bond acceptors (Lipinski definition) is 6. The highest BCUT2D eigenvalue weighted by Gasteiger charge is 2.42. The molecule has 0 aliphatic rings. The predicted octanol–water partition coefficient (Wildman–Crippen LogP) is 3.27. The Balaban J connectivity index is 2.20. The van der Waals surface area contributed by atoms with Crippen molar-refractivity contribution in [2.24, 2.45) is 0 Å². The van der Waals surface area contributed by atoms with Gasteiger partial charge in [0, 0.05) is 0 Å². The van der Waals surface area contributed by atoms with Crippen molar-refractivity contribution in [1.82, 2.24) is 15.3 Å². The molecule has 0 saturated carbocycles. The molecule has 1 unspecified atom stereocenters. The van der Waals surface area contributed by atoms with E-state index in [9.17, 15) is 22.8 Å². The third-order valence-electron chi connectivity index (χ3n) is 3.27. The van der Waals surface area contributed by atoms with Crippen LogP contribution in [0.15, 0.2) is 35.4 Å². The second kappa shape index (κ2) is 7.79. The van der Waals surface area contributed by atoms with Crippen molar-refractivity contribution in [2.45, 2.75) is 38.6 Å². The van der Waals surface area contributed by atoms with Crippen LogP contribution in [-0.2, 0) is 4.74 Å². The molecule has 4 N–H and O–H groups in total. The van der Waals surface area contributed by atoms with Crippen molar-refractivity contribution >= 4 is 11.8 Å². The van der Waals surface area contributed by atoms with E-state index < -0.39 is 29.5 Å². The molecule has 11 heteroatoms. The number of carbonyl (C=O) groups is 1. The fourth-order valence-corrected chi connectivity index (χ4v) is 2.09. The van der Waals surface area contributed by atoms with Gasteiger partial charge in [-0.05, 0) is 38.5 Å². The zero-order valence-electron chi connectivity index (χ0n) is 15.3. The molecule has 0 bridgehead atoms. The number of halogens is 3.